The molecule has 0 heterocycles. The van der Waals surface area contributed by atoms with Gasteiger partial charge in [0, 0.05) is 23.8 Å². The average Bonchev–Trinajstić information content (AvgIpc) is 2.62. The van der Waals surface area contributed by atoms with Crippen molar-refractivity contribution in [3.05, 3.63) is 24.3 Å². The molecule has 3 N–H and O–H groups in total. The normalized spacial score (nSPS) is 27.6. The Bertz CT molecular complexity index is 407. The third kappa shape index (κ3) is 3.63. The summed E-state index contributed by atoms with van der Waals surface area (Å²) in [5.74, 6) is 1.71. The zero-order valence-corrected chi connectivity index (χ0v) is 12.1. The first-order valence-corrected chi connectivity index (χ1v) is 7.30. The molecule has 1 aromatic carbocycles. The molecule has 3 heteroatoms. The van der Waals surface area contributed by atoms with Gasteiger partial charge in [-0.05, 0) is 37.3 Å². The Balaban J connectivity index is 2.12. The Morgan fingerprint density at radius 1 is 1.37 bits per heavy atom. The molecule has 19 heavy (non-hydrogen) atoms. The summed E-state index contributed by atoms with van der Waals surface area (Å²) in [6.45, 7) is 3.04. The summed E-state index contributed by atoms with van der Waals surface area (Å²) in [4.78, 5) is 0. The highest BCUT2D eigenvalue weighted by atomic mass is 16.5. The fraction of sp³-hybridized carbons (Fsp3) is 0.625. The second kappa shape index (κ2) is 6.29. The van der Waals surface area contributed by atoms with Crippen LogP contribution in [0.1, 0.15) is 39.0 Å². The van der Waals surface area contributed by atoms with E-state index < -0.39 is 0 Å². The molecule has 106 valence electrons. The van der Waals surface area contributed by atoms with Crippen LogP contribution in [0.2, 0.25) is 0 Å². The lowest BCUT2D eigenvalue weighted by molar-refractivity contribution is 0.405. The van der Waals surface area contributed by atoms with Crippen LogP contribution in [0.5, 0.6) is 5.75 Å². The minimum atomic E-state index is 0.0527. The lowest BCUT2D eigenvalue weighted by atomic mass is 9.89. The molecule has 0 aromatic heterocycles. The van der Waals surface area contributed by atoms with Crippen molar-refractivity contribution >= 4 is 5.69 Å². The molecule has 2 rings (SSSR count). The number of anilines is 1. The number of hydrogen-bond acceptors (Lipinski definition) is 3. The minimum absolute atomic E-state index is 0.0527. The van der Waals surface area contributed by atoms with Gasteiger partial charge < -0.3 is 15.8 Å². The quantitative estimate of drug-likeness (QED) is 0.818. The molecule has 0 amide bonds. The molecule has 1 aromatic rings. The molecule has 3 nitrogen and oxygen atoms in total. The lowest BCUT2D eigenvalue weighted by Gasteiger charge is -2.34. The van der Waals surface area contributed by atoms with E-state index in [1.165, 1.54) is 19.3 Å². The van der Waals surface area contributed by atoms with Gasteiger partial charge in [-0.25, -0.2) is 0 Å². The maximum Gasteiger partial charge on any atom is 0.120 e. The molecule has 1 aliphatic carbocycles. The van der Waals surface area contributed by atoms with Gasteiger partial charge in [-0.3, -0.25) is 0 Å². The van der Waals surface area contributed by atoms with Crippen LogP contribution >= 0.6 is 0 Å². The molecule has 0 saturated heterocycles. The third-order valence-corrected chi connectivity index (χ3v) is 4.34. The van der Waals surface area contributed by atoms with Gasteiger partial charge in [-0.15, -0.1) is 0 Å². The first-order valence-electron chi connectivity index (χ1n) is 7.30. The van der Waals surface area contributed by atoms with Crippen molar-refractivity contribution in [2.24, 2.45) is 11.7 Å². The number of nitrogens with two attached hydrogens (primary N) is 1. The van der Waals surface area contributed by atoms with Gasteiger partial charge >= 0.3 is 0 Å². The number of rotatable bonds is 4. The summed E-state index contributed by atoms with van der Waals surface area (Å²) in [5.41, 5.74) is 7.24. The number of hydrogen-bond donors (Lipinski definition) is 2. The highest BCUT2D eigenvalue weighted by Crippen LogP contribution is 2.33. The van der Waals surface area contributed by atoms with Gasteiger partial charge in [0.1, 0.15) is 5.75 Å². The van der Waals surface area contributed by atoms with E-state index in [9.17, 15) is 0 Å². The van der Waals surface area contributed by atoms with E-state index in [-0.39, 0.29) is 5.54 Å². The molecule has 2 atom stereocenters. The van der Waals surface area contributed by atoms with Crippen LogP contribution in [0, 0.1) is 5.92 Å². The largest absolute Gasteiger partial charge is 0.497 e. The minimum Gasteiger partial charge on any atom is -0.497 e. The molecule has 1 aliphatic rings. The zero-order valence-electron chi connectivity index (χ0n) is 12.1. The van der Waals surface area contributed by atoms with Crippen LogP contribution in [0.25, 0.3) is 0 Å². The third-order valence-electron chi connectivity index (χ3n) is 4.34. The van der Waals surface area contributed by atoms with Crippen LogP contribution in [0.3, 0.4) is 0 Å². The molecule has 0 radical (unpaired) electrons. The summed E-state index contributed by atoms with van der Waals surface area (Å²) in [7, 11) is 1.70. The van der Waals surface area contributed by atoms with Crippen molar-refractivity contribution in [2.45, 2.75) is 44.6 Å². The Labute approximate surface area is 116 Å². The first-order chi connectivity index (χ1) is 9.17. The zero-order chi connectivity index (χ0) is 13.7. The maximum absolute atomic E-state index is 6.08. The Hall–Kier alpha value is -1.22. The number of benzene rings is 1. The van der Waals surface area contributed by atoms with Crippen LogP contribution in [-0.4, -0.2) is 19.2 Å². The van der Waals surface area contributed by atoms with Gasteiger partial charge in [0.2, 0.25) is 0 Å². The molecule has 0 spiro atoms. The monoisotopic (exact) mass is 262 g/mol. The van der Waals surface area contributed by atoms with Crippen LogP contribution in [0.4, 0.5) is 5.69 Å². The summed E-state index contributed by atoms with van der Waals surface area (Å²) in [6.07, 6.45) is 6.15. The SMILES string of the molecule is COc1cccc(NC2(CN)CCCC(C)CC2)c1. The molecule has 2 unspecified atom stereocenters. The molecular weight excluding hydrogens is 236 g/mol. The van der Waals surface area contributed by atoms with Crippen LogP contribution < -0.4 is 15.8 Å². The lowest BCUT2D eigenvalue weighted by Crippen LogP contribution is -2.45. The van der Waals surface area contributed by atoms with E-state index in [1.807, 2.05) is 18.2 Å². The van der Waals surface area contributed by atoms with Crippen molar-refractivity contribution in [3.63, 3.8) is 0 Å². The van der Waals surface area contributed by atoms with Gasteiger partial charge in [-0.1, -0.05) is 25.8 Å². The Morgan fingerprint density at radius 2 is 2.21 bits per heavy atom. The van der Waals surface area contributed by atoms with Crippen molar-refractivity contribution in [1.29, 1.82) is 0 Å². The van der Waals surface area contributed by atoms with Gasteiger partial charge in [0.15, 0.2) is 0 Å². The van der Waals surface area contributed by atoms with Crippen molar-refractivity contribution < 1.29 is 4.74 Å². The maximum atomic E-state index is 6.08. The fourth-order valence-electron chi connectivity index (χ4n) is 2.97. The molecule has 1 saturated carbocycles. The van der Waals surface area contributed by atoms with Gasteiger partial charge in [0.05, 0.1) is 7.11 Å². The number of nitrogens with one attached hydrogen (secondary N) is 1. The van der Waals surface area contributed by atoms with Gasteiger partial charge in [-0.2, -0.15) is 0 Å². The summed E-state index contributed by atoms with van der Waals surface area (Å²) < 4.78 is 5.28. The fourth-order valence-corrected chi connectivity index (χ4v) is 2.97. The van der Waals surface area contributed by atoms with E-state index in [2.05, 4.69) is 18.3 Å². The van der Waals surface area contributed by atoms with Crippen molar-refractivity contribution in [1.82, 2.24) is 0 Å². The van der Waals surface area contributed by atoms with Crippen LogP contribution in [-0.2, 0) is 0 Å². The second-order valence-electron chi connectivity index (χ2n) is 5.88. The Kier molecular flexibility index (Phi) is 4.70. The predicted octanol–water partition coefficient (Wildman–Crippen LogP) is 3.40. The summed E-state index contributed by atoms with van der Waals surface area (Å²) in [6, 6.07) is 8.13. The number of methoxy groups -OCH3 is 1. The highest BCUT2D eigenvalue weighted by Gasteiger charge is 2.30. The van der Waals surface area contributed by atoms with E-state index in [4.69, 9.17) is 10.5 Å². The number of ether oxygens (including phenoxy) is 1. The summed E-state index contributed by atoms with van der Waals surface area (Å²) in [5, 5.41) is 3.67. The van der Waals surface area contributed by atoms with E-state index >= 15 is 0 Å². The van der Waals surface area contributed by atoms with E-state index in [0.29, 0.717) is 6.54 Å². The molecular formula is C16H26N2O. The molecule has 1 fully saturated rings. The highest BCUT2D eigenvalue weighted by molar-refractivity contribution is 5.50. The van der Waals surface area contributed by atoms with E-state index in [0.717, 1.165) is 30.2 Å². The van der Waals surface area contributed by atoms with Crippen LogP contribution in [0.15, 0.2) is 24.3 Å². The standard InChI is InChI=1S/C16H26N2O/c1-13-5-4-9-16(12-17,10-8-13)18-14-6-3-7-15(11-14)19-2/h3,6-7,11,13,18H,4-5,8-10,12,17H2,1-2H3. The van der Waals surface area contributed by atoms with Crippen molar-refractivity contribution in [2.75, 3.05) is 19.0 Å². The summed E-state index contributed by atoms with van der Waals surface area (Å²) >= 11 is 0. The second-order valence-corrected chi connectivity index (χ2v) is 5.88. The smallest absolute Gasteiger partial charge is 0.120 e. The average molecular weight is 262 g/mol. The van der Waals surface area contributed by atoms with Crippen molar-refractivity contribution in [3.8, 4) is 5.75 Å². The van der Waals surface area contributed by atoms with Gasteiger partial charge in [0.25, 0.3) is 0 Å². The first kappa shape index (κ1) is 14.2. The topological polar surface area (TPSA) is 47.3 Å². The predicted molar refractivity (Wildman–Crippen MR) is 80.7 cm³/mol. The van der Waals surface area contributed by atoms with E-state index in [1.54, 1.807) is 7.11 Å². The molecule has 0 bridgehead atoms. The Morgan fingerprint density at radius 3 is 2.95 bits per heavy atom. The molecule has 0 aliphatic heterocycles.